The molecular weight excluding hydrogens is 308 g/mol. The van der Waals surface area contributed by atoms with Crippen molar-refractivity contribution in [1.29, 1.82) is 0 Å². The van der Waals surface area contributed by atoms with E-state index >= 15 is 0 Å². The number of benzene rings is 1. The second kappa shape index (κ2) is 6.96. The zero-order chi connectivity index (χ0) is 16.2. The largest absolute Gasteiger partial charge is 0.497 e. The molecule has 0 radical (unpaired) electrons. The van der Waals surface area contributed by atoms with Gasteiger partial charge in [0.2, 0.25) is 0 Å². The first-order valence-electron chi connectivity index (χ1n) is 7.74. The summed E-state index contributed by atoms with van der Waals surface area (Å²) in [6, 6.07) is 9.52. The van der Waals surface area contributed by atoms with Crippen LogP contribution in [0.1, 0.15) is 39.0 Å². The highest BCUT2D eigenvalue weighted by Crippen LogP contribution is 2.32. The molecule has 1 amide bonds. The molecule has 4 nitrogen and oxygen atoms in total. The topological polar surface area (TPSA) is 50.7 Å². The van der Waals surface area contributed by atoms with Crippen LogP contribution >= 0.6 is 11.3 Å². The molecule has 0 saturated heterocycles. The van der Waals surface area contributed by atoms with Gasteiger partial charge >= 0.3 is 0 Å². The molecule has 23 heavy (non-hydrogen) atoms. The van der Waals surface area contributed by atoms with Gasteiger partial charge in [0.15, 0.2) is 0 Å². The summed E-state index contributed by atoms with van der Waals surface area (Å²) in [5, 5.41) is 4.04. The van der Waals surface area contributed by atoms with E-state index in [1.54, 1.807) is 24.7 Å². The van der Waals surface area contributed by atoms with E-state index in [9.17, 15) is 4.79 Å². The Balaban J connectivity index is 1.61. The van der Waals surface area contributed by atoms with Crippen LogP contribution in [0, 0.1) is 5.92 Å². The zero-order valence-electron chi connectivity index (χ0n) is 13.3. The van der Waals surface area contributed by atoms with Crippen molar-refractivity contribution in [3.05, 3.63) is 51.2 Å². The van der Waals surface area contributed by atoms with Crippen molar-refractivity contribution < 1.29 is 9.53 Å². The third kappa shape index (κ3) is 3.79. The third-order valence-corrected chi connectivity index (χ3v) is 5.28. The van der Waals surface area contributed by atoms with E-state index in [2.05, 4.69) is 17.5 Å². The van der Waals surface area contributed by atoms with Gasteiger partial charge in [-0.25, -0.2) is 5.43 Å². The van der Waals surface area contributed by atoms with Gasteiger partial charge in [0, 0.05) is 4.88 Å². The predicted octanol–water partition coefficient (Wildman–Crippen LogP) is 3.65. The summed E-state index contributed by atoms with van der Waals surface area (Å²) in [7, 11) is 1.63. The SMILES string of the molecule is COc1ccc(/C=N\NC(=O)c2cc3c(s2)CC[C@H](C)C3)cc1. The molecule has 3 rings (SSSR count). The van der Waals surface area contributed by atoms with E-state index in [0.717, 1.165) is 29.0 Å². The molecule has 0 unspecified atom stereocenters. The van der Waals surface area contributed by atoms with Gasteiger partial charge in [0.1, 0.15) is 5.75 Å². The van der Waals surface area contributed by atoms with Crippen LogP contribution in [0.15, 0.2) is 35.4 Å². The van der Waals surface area contributed by atoms with Crippen LogP contribution in [0.4, 0.5) is 0 Å². The normalized spacial score (nSPS) is 17.0. The monoisotopic (exact) mass is 328 g/mol. The van der Waals surface area contributed by atoms with Gasteiger partial charge in [-0.2, -0.15) is 5.10 Å². The lowest BCUT2D eigenvalue weighted by atomic mass is 9.90. The maximum Gasteiger partial charge on any atom is 0.281 e. The maximum atomic E-state index is 12.2. The van der Waals surface area contributed by atoms with Gasteiger partial charge in [-0.15, -0.1) is 11.3 Å². The van der Waals surface area contributed by atoms with Gasteiger partial charge in [-0.3, -0.25) is 4.79 Å². The highest BCUT2D eigenvalue weighted by Gasteiger charge is 2.20. The molecule has 0 spiro atoms. The summed E-state index contributed by atoms with van der Waals surface area (Å²) < 4.78 is 5.10. The molecule has 0 saturated carbocycles. The van der Waals surface area contributed by atoms with Crippen molar-refractivity contribution in [2.24, 2.45) is 11.0 Å². The van der Waals surface area contributed by atoms with E-state index < -0.39 is 0 Å². The lowest BCUT2D eigenvalue weighted by Crippen LogP contribution is -2.16. The summed E-state index contributed by atoms with van der Waals surface area (Å²) in [4.78, 5) is 14.3. The number of ether oxygens (including phenoxy) is 1. The van der Waals surface area contributed by atoms with Crippen molar-refractivity contribution in [3.8, 4) is 5.75 Å². The van der Waals surface area contributed by atoms with Gasteiger partial charge in [-0.05, 0) is 66.6 Å². The van der Waals surface area contributed by atoms with Crippen LogP contribution in [0.3, 0.4) is 0 Å². The molecule has 1 atom stereocenters. The fraction of sp³-hybridized carbons (Fsp3) is 0.333. The van der Waals surface area contributed by atoms with Gasteiger partial charge < -0.3 is 4.74 Å². The first kappa shape index (κ1) is 15.7. The number of nitrogens with one attached hydrogen (secondary N) is 1. The first-order chi connectivity index (χ1) is 11.2. The molecule has 0 aliphatic heterocycles. The van der Waals surface area contributed by atoms with Crippen molar-refractivity contribution in [2.75, 3.05) is 7.11 Å². The van der Waals surface area contributed by atoms with E-state index in [-0.39, 0.29) is 5.91 Å². The van der Waals surface area contributed by atoms with Gasteiger partial charge in [-0.1, -0.05) is 6.92 Å². The fourth-order valence-corrected chi connectivity index (χ4v) is 3.83. The molecule has 1 aliphatic rings. The number of carbonyl (C=O) groups is 1. The Morgan fingerprint density at radius 1 is 1.39 bits per heavy atom. The van der Waals surface area contributed by atoms with Crippen LogP contribution in [0.2, 0.25) is 0 Å². The average molecular weight is 328 g/mol. The minimum Gasteiger partial charge on any atom is -0.497 e. The molecule has 2 aromatic rings. The van der Waals surface area contributed by atoms with Crippen LogP contribution in [-0.2, 0) is 12.8 Å². The van der Waals surface area contributed by atoms with E-state index in [1.807, 2.05) is 30.3 Å². The Morgan fingerprint density at radius 3 is 2.91 bits per heavy atom. The summed E-state index contributed by atoms with van der Waals surface area (Å²) in [6.07, 6.45) is 5.01. The number of rotatable bonds is 4. The van der Waals surface area contributed by atoms with Crippen molar-refractivity contribution in [3.63, 3.8) is 0 Å². The third-order valence-electron chi connectivity index (χ3n) is 4.05. The fourth-order valence-electron chi connectivity index (χ4n) is 2.73. The number of methoxy groups -OCH3 is 1. The predicted molar refractivity (Wildman–Crippen MR) is 93.6 cm³/mol. The zero-order valence-corrected chi connectivity index (χ0v) is 14.2. The second-order valence-electron chi connectivity index (χ2n) is 5.88. The Morgan fingerprint density at radius 2 is 2.17 bits per heavy atom. The number of fused-ring (bicyclic) bond motifs is 1. The summed E-state index contributed by atoms with van der Waals surface area (Å²) in [6.45, 7) is 2.26. The molecule has 1 aromatic carbocycles. The van der Waals surface area contributed by atoms with Gasteiger partial charge in [0.05, 0.1) is 18.2 Å². The molecular formula is C18H20N2O2S. The second-order valence-corrected chi connectivity index (χ2v) is 7.02. The molecule has 0 bridgehead atoms. The number of hydrazone groups is 1. The van der Waals surface area contributed by atoms with Crippen molar-refractivity contribution >= 4 is 23.5 Å². The molecule has 5 heteroatoms. The Bertz CT molecular complexity index is 719. The smallest absolute Gasteiger partial charge is 0.281 e. The highest BCUT2D eigenvalue weighted by molar-refractivity contribution is 7.14. The summed E-state index contributed by atoms with van der Waals surface area (Å²) in [5.41, 5.74) is 4.85. The van der Waals surface area contributed by atoms with Crippen molar-refractivity contribution in [1.82, 2.24) is 5.43 Å². The molecule has 0 fully saturated rings. The molecule has 1 N–H and O–H groups in total. The number of nitrogens with zero attached hydrogens (tertiary/aromatic N) is 1. The van der Waals surface area contributed by atoms with E-state index in [0.29, 0.717) is 5.92 Å². The molecule has 120 valence electrons. The van der Waals surface area contributed by atoms with Crippen LogP contribution in [0.25, 0.3) is 0 Å². The molecule has 1 aliphatic carbocycles. The summed E-state index contributed by atoms with van der Waals surface area (Å²) >= 11 is 1.59. The standard InChI is InChI=1S/C18H20N2O2S/c1-12-3-8-16-14(9-12)10-17(23-16)18(21)20-19-11-13-4-6-15(22-2)7-5-13/h4-7,10-12H,3,8-9H2,1-2H3,(H,20,21)/b19-11-/t12-/m0/s1. The Kier molecular flexibility index (Phi) is 4.76. The van der Waals surface area contributed by atoms with Crippen LogP contribution in [0.5, 0.6) is 5.75 Å². The lowest BCUT2D eigenvalue weighted by Gasteiger charge is -2.16. The minimum atomic E-state index is -0.137. The molecule has 1 aromatic heterocycles. The van der Waals surface area contributed by atoms with Gasteiger partial charge in [0.25, 0.3) is 5.91 Å². The number of aryl methyl sites for hydroxylation is 1. The maximum absolute atomic E-state index is 12.2. The lowest BCUT2D eigenvalue weighted by molar-refractivity contribution is 0.0959. The first-order valence-corrected chi connectivity index (χ1v) is 8.56. The Labute approximate surface area is 140 Å². The van der Waals surface area contributed by atoms with E-state index in [4.69, 9.17) is 4.74 Å². The summed E-state index contributed by atoms with van der Waals surface area (Å²) in [5.74, 6) is 1.37. The van der Waals surface area contributed by atoms with E-state index in [1.165, 1.54) is 16.9 Å². The quantitative estimate of drug-likeness (QED) is 0.688. The molecule has 1 heterocycles. The number of hydrogen-bond acceptors (Lipinski definition) is 4. The van der Waals surface area contributed by atoms with Crippen molar-refractivity contribution in [2.45, 2.75) is 26.2 Å². The highest BCUT2D eigenvalue weighted by atomic mass is 32.1. The van der Waals surface area contributed by atoms with Crippen LogP contribution < -0.4 is 10.2 Å². The number of thiophene rings is 1. The number of hydrogen-bond donors (Lipinski definition) is 1. The average Bonchev–Trinajstić information content (AvgIpc) is 2.98. The Hall–Kier alpha value is -2.14. The number of carbonyl (C=O) groups excluding carboxylic acids is 1. The van der Waals surface area contributed by atoms with Crippen LogP contribution in [-0.4, -0.2) is 19.2 Å². The minimum absolute atomic E-state index is 0.137. The number of amides is 1.